The predicted molar refractivity (Wildman–Crippen MR) is 119 cm³/mol. The first-order valence-corrected chi connectivity index (χ1v) is 10.2. The summed E-state index contributed by atoms with van der Waals surface area (Å²) < 4.78 is 0. The van der Waals surface area contributed by atoms with Crippen molar-refractivity contribution in [2.75, 3.05) is 16.8 Å². The SMILES string of the molecule is Cc1ccc(CNc2nc([C@@H]3CC(=O)N(c4cccc(C)c4C)C3)cc(=O)[nH]2)cc1. The van der Waals surface area contributed by atoms with Crippen molar-refractivity contribution in [3.63, 3.8) is 0 Å². The molecule has 0 radical (unpaired) electrons. The van der Waals surface area contributed by atoms with E-state index in [1.165, 1.54) is 11.6 Å². The van der Waals surface area contributed by atoms with Crippen LogP contribution in [0.25, 0.3) is 0 Å². The first-order valence-electron chi connectivity index (χ1n) is 10.2. The zero-order chi connectivity index (χ0) is 21.3. The van der Waals surface area contributed by atoms with Gasteiger partial charge in [0.15, 0.2) is 0 Å². The van der Waals surface area contributed by atoms with Crippen molar-refractivity contribution in [3.05, 3.63) is 86.8 Å². The van der Waals surface area contributed by atoms with Crippen LogP contribution in [0.15, 0.2) is 53.3 Å². The molecule has 2 aromatic carbocycles. The van der Waals surface area contributed by atoms with E-state index in [9.17, 15) is 9.59 Å². The summed E-state index contributed by atoms with van der Waals surface area (Å²) in [6.07, 6.45) is 0.348. The number of H-pyrrole nitrogens is 1. The zero-order valence-electron chi connectivity index (χ0n) is 17.5. The second-order valence-corrected chi connectivity index (χ2v) is 7.98. The number of hydrogen-bond donors (Lipinski definition) is 2. The maximum Gasteiger partial charge on any atom is 0.252 e. The molecule has 6 nitrogen and oxygen atoms in total. The standard InChI is InChI=1S/C24H26N4O2/c1-15-7-9-18(10-8-15)13-25-24-26-20(12-22(29)27-24)19-11-23(30)28(14-19)21-6-4-5-16(2)17(21)3/h4-10,12,19H,11,13-14H2,1-3H3,(H2,25,26,27,29)/t19-/m1/s1. The van der Waals surface area contributed by atoms with Crippen LogP contribution in [0.3, 0.4) is 0 Å². The molecule has 1 fully saturated rings. The molecule has 0 saturated carbocycles. The molecule has 0 bridgehead atoms. The number of nitrogens with zero attached hydrogens (tertiary/aromatic N) is 2. The molecule has 1 aliphatic heterocycles. The highest BCUT2D eigenvalue weighted by molar-refractivity contribution is 5.97. The third-order valence-electron chi connectivity index (χ3n) is 5.75. The number of benzene rings is 2. The molecule has 1 aliphatic rings. The molecule has 4 rings (SSSR count). The van der Waals surface area contributed by atoms with Gasteiger partial charge in [0, 0.05) is 37.2 Å². The van der Waals surface area contributed by atoms with E-state index < -0.39 is 0 Å². The second-order valence-electron chi connectivity index (χ2n) is 7.98. The van der Waals surface area contributed by atoms with Gasteiger partial charge in [-0.3, -0.25) is 14.6 Å². The fourth-order valence-electron chi connectivity index (χ4n) is 3.83. The number of carbonyl (C=O) groups excluding carboxylic acids is 1. The van der Waals surface area contributed by atoms with E-state index in [1.807, 2.05) is 56.0 Å². The second kappa shape index (κ2) is 8.14. The van der Waals surface area contributed by atoms with Gasteiger partial charge in [0.2, 0.25) is 11.9 Å². The van der Waals surface area contributed by atoms with Crippen LogP contribution in [-0.2, 0) is 11.3 Å². The highest BCUT2D eigenvalue weighted by Gasteiger charge is 2.33. The Hall–Kier alpha value is -3.41. The van der Waals surface area contributed by atoms with E-state index in [0.717, 1.165) is 22.4 Å². The molecule has 2 N–H and O–H groups in total. The lowest BCUT2D eigenvalue weighted by Gasteiger charge is -2.20. The van der Waals surface area contributed by atoms with Gasteiger partial charge < -0.3 is 10.2 Å². The van der Waals surface area contributed by atoms with Crippen molar-refractivity contribution >= 4 is 17.5 Å². The summed E-state index contributed by atoms with van der Waals surface area (Å²) in [4.78, 5) is 34.1. The largest absolute Gasteiger partial charge is 0.352 e. The van der Waals surface area contributed by atoms with Crippen LogP contribution < -0.4 is 15.8 Å². The molecule has 0 unspecified atom stereocenters. The minimum absolute atomic E-state index is 0.0601. The third kappa shape index (κ3) is 4.13. The lowest BCUT2D eigenvalue weighted by molar-refractivity contribution is -0.117. The summed E-state index contributed by atoms with van der Waals surface area (Å²) in [6, 6.07) is 15.7. The molecule has 1 aromatic heterocycles. The van der Waals surface area contributed by atoms with Crippen molar-refractivity contribution in [1.29, 1.82) is 0 Å². The van der Waals surface area contributed by atoms with Crippen molar-refractivity contribution in [3.8, 4) is 0 Å². The van der Waals surface area contributed by atoms with Gasteiger partial charge in [-0.05, 0) is 43.5 Å². The molecular weight excluding hydrogens is 376 g/mol. The average Bonchev–Trinajstić information content (AvgIpc) is 3.11. The van der Waals surface area contributed by atoms with Gasteiger partial charge in [-0.25, -0.2) is 4.98 Å². The average molecular weight is 402 g/mol. The Morgan fingerprint density at radius 3 is 2.63 bits per heavy atom. The molecule has 0 aliphatic carbocycles. The highest BCUT2D eigenvalue weighted by Crippen LogP contribution is 2.33. The molecule has 3 aromatic rings. The fraction of sp³-hybridized carbons (Fsp3) is 0.292. The summed E-state index contributed by atoms with van der Waals surface area (Å²) in [5.41, 5.74) is 5.92. The molecule has 2 heterocycles. The van der Waals surface area contributed by atoms with Crippen LogP contribution in [0, 0.1) is 20.8 Å². The van der Waals surface area contributed by atoms with Crippen LogP contribution in [0.5, 0.6) is 0 Å². The summed E-state index contributed by atoms with van der Waals surface area (Å²) >= 11 is 0. The van der Waals surface area contributed by atoms with Crippen molar-refractivity contribution in [1.82, 2.24) is 9.97 Å². The first kappa shape index (κ1) is 19.9. The molecule has 154 valence electrons. The lowest BCUT2D eigenvalue weighted by Crippen LogP contribution is -2.25. The molecular formula is C24H26N4O2. The Bertz CT molecular complexity index is 1130. The van der Waals surface area contributed by atoms with Crippen LogP contribution >= 0.6 is 0 Å². The number of aryl methyl sites for hydroxylation is 2. The minimum Gasteiger partial charge on any atom is -0.352 e. The van der Waals surface area contributed by atoms with Crippen LogP contribution in [0.4, 0.5) is 11.6 Å². The number of aromatic nitrogens is 2. The van der Waals surface area contributed by atoms with E-state index >= 15 is 0 Å². The molecule has 1 amide bonds. The number of aromatic amines is 1. The Morgan fingerprint density at radius 1 is 1.10 bits per heavy atom. The first-order chi connectivity index (χ1) is 14.4. The summed E-state index contributed by atoms with van der Waals surface area (Å²) in [7, 11) is 0. The summed E-state index contributed by atoms with van der Waals surface area (Å²) in [6.45, 7) is 7.21. The van der Waals surface area contributed by atoms with Crippen LogP contribution in [-0.4, -0.2) is 22.4 Å². The fourth-order valence-corrected chi connectivity index (χ4v) is 3.83. The van der Waals surface area contributed by atoms with Gasteiger partial charge in [0.25, 0.3) is 5.56 Å². The van der Waals surface area contributed by atoms with Crippen molar-refractivity contribution in [2.24, 2.45) is 0 Å². The zero-order valence-corrected chi connectivity index (χ0v) is 17.5. The maximum atomic E-state index is 12.7. The van der Waals surface area contributed by atoms with Gasteiger partial charge >= 0.3 is 0 Å². The number of rotatable bonds is 5. The number of amides is 1. The third-order valence-corrected chi connectivity index (χ3v) is 5.75. The number of carbonyl (C=O) groups is 1. The van der Waals surface area contributed by atoms with E-state index in [0.29, 0.717) is 31.2 Å². The maximum absolute atomic E-state index is 12.7. The topological polar surface area (TPSA) is 78.1 Å². The van der Waals surface area contributed by atoms with Gasteiger partial charge in [-0.15, -0.1) is 0 Å². The van der Waals surface area contributed by atoms with E-state index in [-0.39, 0.29) is 17.4 Å². The van der Waals surface area contributed by atoms with Crippen molar-refractivity contribution in [2.45, 2.75) is 39.7 Å². The molecule has 6 heteroatoms. The number of nitrogens with one attached hydrogen (secondary N) is 2. The minimum atomic E-state index is -0.218. The Morgan fingerprint density at radius 2 is 1.87 bits per heavy atom. The highest BCUT2D eigenvalue weighted by atomic mass is 16.2. The number of anilines is 2. The quantitative estimate of drug-likeness (QED) is 0.680. The normalized spacial score (nSPS) is 16.2. The molecule has 30 heavy (non-hydrogen) atoms. The molecule has 1 atom stereocenters. The Balaban J connectivity index is 1.53. The summed E-state index contributed by atoms with van der Waals surface area (Å²) in [5.74, 6) is 0.375. The molecule has 1 saturated heterocycles. The van der Waals surface area contributed by atoms with Crippen LogP contribution in [0.2, 0.25) is 0 Å². The van der Waals surface area contributed by atoms with Gasteiger partial charge in [-0.1, -0.05) is 42.0 Å². The van der Waals surface area contributed by atoms with E-state index in [1.54, 1.807) is 0 Å². The predicted octanol–water partition coefficient (Wildman–Crippen LogP) is 3.83. The van der Waals surface area contributed by atoms with Gasteiger partial charge in [0.05, 0.1) is 5.69 Å². The van der Waals surface area contributed by atoms with E-state index in [2.05, 4.69) is 27.4 Å². The molecule has 0 spiro atoms. The van der Waals surface area contributed by atoms with Crippen molar-refractivity contribution < 1.29 is 4.79 Å². The number of hydrogen-bond acceptors (Lipinski definition) is 4. The smallest absolute Gasteiger partial charge is 0.252 e. The van der Waals surface area contributed by atoms with Gasteiger partial charge in [0.1, 0.15) is 0 Å². The van der Waals surface area contributed by atoms with E-state index in [4.69, 9.17) is 0 Å². The van der Waals surface area contributed by atoms with Gasteiger partial charge in [-0.2, -0.15) is 0 Å². The van der Waals surface area contributed by atoms with Crippen LogP contribution in [0.1, 0.15) is 40.3 Å². The Kier molecular flexibility index (Phi) is 5.40. The Labute approximate surface area is 176 Å². The summed E-state index contributed by atoms with van der Waals surface area (Å²) in [5, 5.41) is 3.19. The monoisotopic (exact) mass is 402 g/mol. The lowest BCUT2D eigenvalue weighted by atomic mass is 10.0.